The summed E-state index contributed by atoms with van der Waals surface area (Å²) in [5.41, 5.74) is 3.70. The third-order valence-electron chi connectivity index (χ3n) is 2.75. The summed E-state index contributed by atoms with van der Waals surface area (Å²) < 4.78 is 4.80. The first-order chi connectivity index (χ1) is 8.76. The molecule has 2 nitrogen and oxygen atoms in total. The molecule has 0 aliphatic carbocycles. The van der Waals surface area contributed by atoms with Crippen LogP contribution in [0.5, 0.6) is 0 Å². The van der Waals surface area contributed by atoms with E-state index in [0.29, 0.717) is 5.56 Å². The van der Waals surface area contributed by atoms with E-state index in [1.54, 1.807) is 6.07 Å². The van der Waals surface area contributed by atoms with E-state index in [9.17, 15) is 4.79 Å². The minimum absolute atomic E-state index is 0. The summed E-state index contributed by atoms with van der Waals surface area (Å²) in [6.07, 6.45) is 0. The van der Waals surface area contributed by atoms with E-state index >= 15 is 0 Å². The largest absolute Gasteiger partial charge is 0.465 e. The number of halogens is 1. The quantitative estimate of drug-likeness (QED) is 0.463. The zero-order valence-corrected chi connectivity index (χ0v) is 15.3. The van der Waals surface area contributed by atoms with E-state index in [1.165, 1.54) is 12.7 Å². The van der Waals surface area contributed by atoms with Gasteiger partial charge in [0, 0.05) is 24.8 Å². The number of carbonyl (C=O) groups is 1. The van der Waals surface area contributed by atoms with E-state index in [2.05, 4.69) is 15.9 Å². The van der Waals surface area contributed by atoms with Crippen molar-refractivity contribution in [3.05, 3.63) is 59.7 Å². The minimum Gasteiger partial charge on any atom is -0.465 e. The number of esters is 1. The predicted molar refractivity (Wildman–Crippen MR) is 75.8 cm³/mol. The first-order valence-corrected chi connectivity index (χ1v) is 6.71. The third-order valence-corrected chi connectivity index (χ3v) is 3.40. The molecule has 2 aromatic rings. The molecule has 94 valence electrons. The fourth-order valence-corrected chi connectivity index (χ4v) is 2.17. The van der Waals surface area contributed by atoms with Crippen molar-refractivity contribution in [3.63, 3.8) is 0 Å². The molecule has 0 radical (unpaired) electrons. The van der Waals surface area contributed by atoms with Crippen LogP contribution in [0.1, 0.15) is 15.9 Å². The maximum Gasteiger partial charge on any atom is 0.338 e. The number of rotatable bonds is 3. The fourth-order valence-electron chi connectivity index (χ4n) is 1.80. The summed E-state index contributed by atoms with van der Waals surface area (Å²) >= 11 is 3.41. The zero-order chi connectivity index (χ0) is 13.0. The number of hydrogen-bond acceptors (Lipinski definition) is 2. The van der Waals surface area contributed by atoms with Crippen LogP contribution in [0.15, 0.2) is 48.5 Å². The second-order valence-electron chi connectivity index (χ2n) is 3.87. The Morgan fingerprint density at radius 1 is 1.11 bits per heavy atom. The van der Waals surface area contributed by atoms with E-state index < -0.39 is 0 Å². The monoisotopic (exact) mass is 368 g/mol. The smallest absolute Gasteiger partial charge is 0.338 e. The number of ether oxygens (including phenoxy) is 1. The molecule has 0 bridgehead atoms. The molecule has 0 spiro atoms. The van der Waals surface area contributed by atoms with Gasteiger partial charge in [0.05, 0.1) is 12.7 Å². The summed E-state index contributed by atoms with van der Waals surface area (Å²) in [4.78, 5) is 11.7. The molecule has 0 aliphatic rings. The topological polar surface area (TPSA) is 26.3 Å². The van der Waals surface area contributed by atoms with E-state index in [0.717, 1.165) is 16.5 Å². The summed E-state index contributed by atoms with van der Waals surface area (Å²) in [5, 5.41) is 0.825. The Kier molecular flexibility index (Phi) is 6.40. The molecule has 2 rings (SSSR count). The average molecular weight is 371 g/mol. The third kappa shape index (κ3) is 3.74. The molecule has 0 aromatic heterocycles. The summed E-state index contributed by atoms with van der Waals surface area (Å²) in [6.45, 7) is 0. The molecule has 0 N–H and O–H groups in total. The van der Waals surface area contributed by atoms with Gasteiger partial charge in [-0.1, -0.05) is 58.4 Å². The molecule has 0 saturated carbocycles. The molecule has 0 heterocycles. The molecule has 0 saturated heterocycles. The van der Waals surface area contributed by atoms with Gasteiger partial charge in [0.1, 0.15) is 0 Å². The van der Waals surface area contributed by atoms with Gasteiger partial charge in [-0.3, -0.25) is 0 Å². The maximum absolute atomic E-state index is 11.7. The van der Waals surface area contributed by atoms with E-state index in [4.69, 9.17) is 4.74 Å². The van der Waals surface area contributed by atoms with Gasteiger partial charge in [-0.15, -0.1) is 0 Å². The molecular weight excluding hydrogens is 357 g/mol. The van der Waals surface area contributed by atoms with Crippen molar-refractivity contribution in [2.24, 2.45) is 0 Å². The van der Waals surface area contributed by atoms with E-state index in [1.807, 2.05) is 42.5 Å². The number of benzene rings is 2. The van der Waals surface area contributed by atoms with Gasteiger partial charge in [-0.25, -0.2) is 4.79 Å². The normalized spacial score (nSPS) is 9.58. The van der Waals surface area contributed by atoms with Gasteiger partial charge in [0.2, 0.25) is 0 Å². The van der Waals surface area contributed by atoms with E-state index in [-0.39, 0.29) is 25.4 Å². The van der Waals surface area contributed by atoms with Crippen LogP contribution >= 0.6 is 15.9 Å². The molecule has 0 amide bonds. The zero-order valence-electron chi connectivity index (χ0n) is 10.7. The minimum atomic E-state index is -0.310. The summed E-state index contributed by atoms with van der Waals surface area (Å²) in [5.74, 6) is -0.310. The summed E-state index contributed by atoms with van der Waals surface area (Å²) in [6, 6.07) is 15.6. The Labute approximate surface area is 134 Å². The van der Waals surface area contributed by atoms with Crippen molar-refractivity contribution in [2.75, 3.05) is 7.11 Å². The van der Waals surface area contributed by atoms with Crippen molar-refractivity contribution in [1.29, 1.82) is 0 Å². The maximum atomic E-state index is 11.7. The van der Waals surface area contributed by atoms with Crippen LogP contribution in [0.25, 0.3) is 11.1 Å². The number of methoxy groups -OCH3 is 1. The van der Waals surface area contributed by atoms with Crippen LogP contribution in [-0.4, -0.2) is 13.1 Å². The number of carbonyl (C=O) groups excluding carboxylic acids is 1. The molecule has 0 aliphatic heterocycles. The average Bonchev–Trinajstić information content (AvgIpc) is 2.46. The van der Waals surface area contributed by atoms with Crippen molar-refractivity contribution in [1.82, 2.24) is 0 Å². The Bertz CT molecular complexity index is 552. The number of hydrogen-bond donors (Lipinski definition) is 0. The molecule has 0 fully saturated rings. The van der Waals surface area contributed by atoms with Crippen LogP contribution < -0.4 is 0 Å². The van der Waals surface area contributed by atoms with Gasteiger partial charge in [0.15, 0.2) is 0 Å². The van der Waals surface area contributed by atoms with Gasteiger partial charge in [-0.05, 0) is 22.8 Å². The Balaban J connectivity index is 0.00000180. The predicted octanol–water partition coefficient (Wildman–Crippen LogP) is 4.03. The molecule has 4 heteroatoms. The standard InChI is InChI=1S/C15H13BrO2.Zn/c1-18-15(17)14-5-3-2-4-13(14)12-8-6-11(10-16)7-9-12;/h2-9H,10H2,1H3;. The second kappa shape index (κ2) is 7.57. The van der Waals surface area contributed by atoms with Crippen LogP contribution in [0, 0.1) is 0 Å². The van der Waals surface area contributed by atoms with Crippen molar-refractivity contribution >= 4 is 21.9 Å². The number of alkyl halides is 1. The Morgan fingerprint density at radius 2 is 1.74 bits per heavy atom. The van der Waals surface area contributed by atoms with Gasteiger partial charge in [-0.2, -0.15) is 0 Å². The van der Waals surface area contributed by atoms with Gasteiger partial charge < -0.3 is 4.74 Å². The first-order valence-electron chi connectivity index (χ1n) is 5.59. The Hall–Kier alpha value is -0.987. The van der Waals surface area contributed by atoms with Crippen molar-refractivity contribution in [2.45, 2.75) is 5.33 Å². The van der Waals surface area contributed by atoms with Crippen LogP contribution in [0.2, 0.25) is 0 Å². The van der Waals surface area contributed by atoms with Crippen LogP contribution in [-0.2, 0) is 29.5 Å². The molecular formula is C15H13BrO2Zn. The fraction of sp³-hybridized carbons (Fsp3) is 0.133. The molecule has 0 unspecified atom stereocenters. The van der Waals surface area contributed by atoms with Gasteiger partial charge in [0.25, 0.3) is 0 Å². The SMILES string of the molecule is COC(=O)c1ccccc1-c1ccc(CBr)cc1.[Zn]. The first kappa shape index (κ1) is 16.1. The van der Waals surface area contributed by atoms with Crippen molar-refractivity contribution < 1.29 is 29.0 Å². The van der Waals surface area contributed by atoms with Crippen LogP contribution in [0.4, 0.5) is 0 Å². The molecule has 0 atom stereocenters. The van der Waals surface area contributed by atoms with Crippen LogP contribution in [0.3, 0.4) is 0 Å². The second-order valence-corrected chi connectivity index (χ2v) is 4.43. The van der Waals surface area contributed by atoms with Gasteiger partial charge >= 0.3 is 5.97 Å². The summed E-state index contributed by atoms with van der Waals surface area (Å²) in [7, 11) is 1.40. The molecule has 2 aromatic carbocycles. The van der Waals surface area contributed by atoms with Crippen molar-refractivity contribution in [3.8, 4) is 11.1 Å². The molecule has 19 heavy (non-hydrogen) atoms. The Morgan fingerprint density at radius 3 is 2.32 bits per heavy atom.